The van der Waals surface area contributed by atoms with E-state index in [1.165, 1.54) is 4.90 Å². The standard InChI is InChI=1S/C30H31NO6/c1-20-17-23(36-3)13-14-25(20)28(32)26-27(31(15-8-16-35-2)30(34)29(26)33)22-11-7-12-24(18-22)37-19-21-9-5-4-6-10-21/h4-7,9-14,17-18,27,32H,8,15-16,19H2,1-3H3/b28-26+. The van der Waals surface area contributed by atoms with E-state index in [1.54, 1.807) is 32.4 Å². The summed E-state index contributed by atoms with van der Waals surface area (Å²) in [6.07, 6.45) is 0.547. The molecule has 7 heteroatoms. The Labute approximate surface area is 216 Å². The quantitative estimate of drug-likeness (QED) is 0.181. The maximum atomic E-state index is 13.3. The molecule has 0 saturated carbocycles. The van der Waals surface area contributed by atoms with E-state index >= 15 is 0 Å². The second-order valence-corrected chi connectivity index (χ2v) is 8.87. The first kappa shape index (κ1) is 26.0. The Morgan fingerprint density at radius 3 is 2.43 bits per heavy atom. The number of benzene rings is 3. The number of carbonyl (C=O) groups is 2. The summed E-state index contributed by atoms with van der Waals surface area (Å²) in [5.74, 6) is -0.345. The van der Waals surface area contributed by atoms with E-state index in [0.29, 0.717) is 48.8 Å². The van der Waals surface area contributed by atoms with Gasteiger partial charge in [-0.05, 0) is 60.4 Å². The number of Topliss-reactive ketones (excluding diaryl/α,β-unsaturated/α-hetero) is 1. The Bertz CT molecular complexity index is 1300. The van der Waals surface area contributed by atoms with Crippen molar-refractivity contribution in [2.24, 2.45) is 0 Å². The van der Waals surface area contributed by atoms with Crippen LogP contribution in [-0.4, -0.2) is 49.1 Å². The molecule has 1 fully saturated rings. The average Bonchev–Trinajstić information content (AvgIpc) is 3.17. The number of carbonyl (C=O) groups excluding carboxylic acids is 2. The molecule has 3 aromatic carbocycles. The van der Waals surface area contributed by atoms with Gasteiger partial charge in [0.25, 0.3) is 11.7 Å². The third kappa shape index (κ3) is 5.67. The fourth-order valence-electron chi connectivity index (χ4n) is 4.53. The number of likely N-dealkylation sites (tertiary alicyclic amines) is 1. The summed E-state index contributed by atoms with van der Waals surface area (Å²) < 4.78 is 16.4. The molecule has 0 spiro atoms. The lowest BCUT2D eigenvalue weighted by Gasteiger charge is -2.25. The molecule has 1 saturated heterocycles. The van der Waals surface area contributed by atoms with Crippen molar-refractivity contribution < 1.29 is 28.9 Å². The molecule has 0 bridgehead atoms. The number of aliphatic hydroxyl groups excluding tert-OH is 1. The van der Waals surface area contributed by atoms with Gasteiger partial charge in [-0.15, -0.1) is 0 Å². The second-order valence-electron chi connectivity index (χ2n) is 8.87. The van der Waals surface area contributed by atoms with Gasteiger partial charge in [0, 0.05) is 25.8 Å². The first-order valence-corrected chi connectivity index (χ1v) is 12.1. The molecule has 1 N–H and O–H groups in total. The van der Waals surface area contributed by atoms with Gasteiger partial charge in [0.05, 0.1) is 18.7 Å². The lowest BCUT2D eigenvalue weighted by molar-refractivity contribution is -0.140. The van der Waals surface area contributed by atoms with E-state index in [9.17, 15) is 14.7 Å². The number of aliphatic hydroxyl groups is 1. The van der Waals surface area contributed by atoms with E-state index in [0.717, 1.165) is 11.1 Å². The van der Waals surface area contributed by atoms with Crippen molar-refractivity contribution in [3.8, 4) is 11.5 Å². The van der Waals surface area contributed by atoms with Crippen LogP contribution in [0.4, 0.5) is 0 Å². The van der Waals surface area contributed by atoms with Crippen LogP contribution in [0.25, 0.3) is 5.76 Å². The van der Waals surface area contributed by atoms with Crippen molar-refractivity contribution in [2.75, 3.05) is 27.4 Å². The molecule has 1 amide bonds. The fourth-order valence-corrected chi connectivity index (χ4v) is 4.53. The molecule has 1 atom stereocenters. The van der Waals surface area contributed by atoms with E-state index in [-0.39, 0.29) is 11.3 Å². The highest BCUT2D eigenvalue weighted by Gasteiger charge is 2.46. The van der Waals surface area contributed by atoms with Crippen LogP contribution < -0.4 is 9.47 Å². The Morgan fingerprint density at radius 1 is 0.946 bits per heavy atom. The summed E-state index contributed by atoms with van der Waals surface area (Å²) in [5.41, 5.74) is 2.94. The number of aryl methyl sites for hydroxylation is 1. The van der Waals surface area contributed by atoms with Crippen LogP contribution >= 0.6 is 0 Å². The summed E-state index contributed by atoms with van der Waals surface area (Å²) in [5, 5.41) is 11.4. The molecule has 1 aliphatic rings. The zero-order valence-corrected chi connectivity index (χ0v) is 21.3. The molecule has 1 aliphatic heterocycles. The zero-order valence-electron chi connectivity index (χ0n) is 21.3. The lowest BCUT2D eigenvalue weighted by Crippen LogP contribution is -2.31. The monoisotopic (exact) mass is 501 g/mol. The predicted octanol–water partition coefficient (Wildman–Crippen LogP) is 5.04. The lowest BCUT2D eigenvalue weighted by atomic mass is 9.93. The van der Waals surface area contributed by atoms with Crippen molar-refractivity contribution in [1.82, 2.24) is 4.90 Å². The number of nitrogens with zero attached hydrogens (tertiary/aromatic N) is 1. The van der Waals surface area contributed by atoms with Crippen LogP contribution in [0.5, 0.6) is 11.5 Å². The highest BCUT2D eigenvalue weighted by Crippen LogP contribution is 2.41. The predicted molar refractivity (Wildman–Crippen MR) is 140 cm³/mol. The Hall–Kier alpha value is -4.10. The van der Waals surface area contributed by atoms with Gasteiger partial charge in [-0.2, -0.15) is 0 Å². The molecule has 0 aliphatic carbocycles. The molecule has 1 unspecified atom stereocenters. The van der Waals surface area contributed by atoms with Crippen molar-refractivity contribution in [1.29, 1.82) is 0 Å². The fraction of sp³-hybridized carbons (Fsp3) is 0.267. The smallest absolute Gasteiger partial charge is 0.295 e. The minimum Gasteiger partial charge on any atom is -0.507 e. The first-order valence-electron chi connectivity index (χ1n) is 12.1. The number of ether oxygens (including phenoxy) is 3. The zero-order chi connectivity index (χ0) is 26.4. The van der Waals surface area contributed by atoms with Gasteiger partial charge < -0.3 is 24.2 Å². The van der Waals surface area contributed by atoms with Crippen molar-refractivity contribution in [3.63, 3.8) is 0 Å². The third-order valence-electron chi connectivity index (χ3n) is 6.40. The molecule has 3 aromatic rings. The second kappa shape index (κ2) is 11.8. The van der Waals surface area contributed by atoms with E-state index in [1.807, 2.05) is 61.5 Å². The number of hydrogen-bond acceptors (Lipinski definition) is 6. The molecular weight excluding hydrogens is 470 g/mol. The highest BCUT2D eigenvalue weighted by atomic mass is 16.5. The molecule has 7 nitrogen and oxygen atoms in total. The summed E-state index contributed by atoms with van der Waals surface area (Å²) in [6, 6.07) is 21.5. The van der Waals surface area contributed by atoms with Crippen LogP contribution in [0.1, 0.15) is 34.7 Å². The van der Waals surface area contributed by atoms with Gasteiger partial charge in [0.15, 0.2) is 0 Å². The van der Waals surface area contributed by atoms with Crippen LogP contribution in [0.3, 0.4) is 0 Å². The summed E-state index contributed by atoms with van der Waals surface area (Å²) >= 11 is 0. The molecule has 192 valence electrons. The topological polar surface area (TPSA) is 85.3 Å². The Morgan fingerprint density at radius 2 is 1.73 bits per heavy atom. The minimum atomic E-state index is -0.765. The number of methoxy groups -OCH3 is 2. The highest BCUT2D eigenvalue weighted by molar-refractivity contribution is 6.46. The van der Waals surface area contributed by atoms with Gasteiger partial charge in [-0.1, -0.05) is 42.5 Å². The summed E-state index contributed by atoms with van der Waals surface area (Å²) in [4.78, 5) is 27.9. The normalized spacial score (nSPS) is 16.7. The SMILES string of the molecule is COCCCN1C(=O)C(=O)/C(=C(/O)c2ccc(OC)cc2C)C1c1cccc(OCc2ccccc2)c1. The van der Waals surface area contributed by atoms with Crippen LogP contribution in [-0.2, 0) is 20.9 Å². The average molecular weight is 502 g/mol. The van der Waals surface area contributed by atoms with Gasteiger partial charge in [-0.3, -0.25) is 9.59 Å². The molecule has 0 radical (unpaired) electrons. The van der Waals surface area contributed by atoms with Gasteiger partial charge in [0.2, 0.25) is 0 Å². The first-order chi connectivity index (χ1) is 17.9. The van der Waals surface area contributed by atoms with Crippen LogP contribution in [0, 0.1) is 6.92 Å². The summed E-state index contributed by atoms with van der Waals surface area (Å²) in [6.45, 7) is 2.94. The molecule has 0 aromatic heterocycles. The molecule has 4 rings (SSSR count). The third-order valence-corrected chi connectivity index (χ3v) is 6.40. The van der Waals surface area contributed by atoms with Crippen LogP contribution in [0.2, 0.25) is 0 Å². The van der Waals surface area contributed by atoms with Crippen molar-refractivity contribution in [3.05, 3.63) is 101 Å². The number of rotatable bonds is 10. The van der Waals surface area contributed by atoms with E-state index < -0.39 is 17.7 Å². The van der Waals surface area contributed by atoms with Crippen molar-refractivity contribution >= 4 is 17.4 Å². The molecular formula is C30H31NO6. The largest absolute Gasteiger partial charge is 0.507 e. The molecule has 1 heterocycles. The minimum absolute atomic E-state index is 0.0518. The van der Waals surface area contributed by atoms with E-state index in [2.05, 4.69) is 0 Å². The number of hydrogen-bond donors (Lipinski definition) is 1. The van der Waals surface area contributed by atoms with Crippen LogP contribution in [0.15, 0.2) is 78.4 Å². The molecule has 37 heavy (non-hydrogen) atoms. The number of ketones is 1. The van der Waals surface area contributed by atoms with Crippen molar-refractivity contribution in [2.45, 2.75) is 26.0 Å². The van der Waals surface area contributed by atoms with E-state index in [4.69, 9.17) is 14.2 Å². The maximum Gasteiger partial charge on any atom is 0.295 e. The maximum absolute atomic E-state index is 13.3. The van der Waals surface area contributed by atoms with Gasteiger partial charge in [0.1, 0.15) is 23.9 Å². The summed E-state index contributed by atoms with van der Waals surface area (Å²) in [7, 11) is 3.15. The van der Waals surface area contributed by atoms with Gasteiger partial charge >= 0.3 is 0 Å². The Kier molecular flexibility index (Phi) is 8.25. The number of amides is 1. The Balaban J connectivity index is 1.75. The van der Waals surface area contributed by atoms with Gasteiger partial charge in [-0.25, -0.2) is 0 Å².